The van der Waals surface area contributed by atoms with Crippen LogP contribution in [0.15, 0.2) is 30.5 Å². The highest BCUT2D eigenvalue weighted by Crippen LogP contribution is 2.20. The molecule has 26 heavy (non-hydrogen) atoms. The highest BCUT2D eigenvalue weighted by molar-refractivity contribution is 6.30. The zero-order chi connectivity index (χ0) is 18.5. The highest BCUT2D eigenvalue weighted by atomic mass is 35.5. The van der Waals surface area contributed by atoms with E-state index in [1.807, 2.05) is 35.9 Å². The van der Waals surface area contributed by atoms with Gasteiger partial charge in [-0.05, 0) is 50.4 Å². The van der Waals surface area contributed by atoms with Gasteiger partial charge in [-0.2, -0.15) is 5.10 Å². The molecule has 0 unspecified atom stereocenters. The van der Waals surface area contributed by atoms with E-state index in [4.69, 9.17) is 11.6 Å². The van der Waals surface area contributed by atoms with Crippen LogP contribution in [0.3, 0.4) is 0 Å². The van der Waals surface area contributed by atoms with Gasteiger partial charge in [-0.25, -0.2) is 4.68 Å². The maximum absolute atomic E-state index is 12.8. The summed E-state index contributed by atoms with van der Waals surface area (Å²) in [6, 6.07) is 7.78. The van der Waals surface area contributed by atoms with Gasteiger partial charge in [0.1, 0.15) is 0 Å². The molecule has 0 atom stereocenters. The van der Waals surface area contributed by atoms with E-state index >= 15 is 0 Å². The van der Waals surface area contributed by atoms with Crippen LogP contribution in [0.25, 0.3) is 5.69 Å². The number of aromatic nitrogens is 2. The molecule has 140 valence electrons. The third kappa shape index (κ3) is 4.27. The number of hydrogen-bond donors (Lipinski definition) is 1. The number of amides is 1. The minimum Gasteiger partial charge on any atom is -0.349 e. The lowest BCUT2D eigenvalue weighted by molar-refractivity contribution is 0.0910. The van der Waals surface area contributed by atoms with Gasteiger partial charge in [0.05, 0.1) is 23.1 Å². The van der Waals surface area contributed by atoms with Crippen molar-refractivity contribution in [2.24, 2.45) is 0 Å². The van der Waals surface area contributed by atoms with E-state index in [1.54, 1.807) is 6.20 Å². The van der Waals surface area contributed by atoms with Crippen molar-refractivity contribution in [1.29, 1.82) is 0 Å². The molecule has 1 amide bonds. The molecule has 2 aromatic rings. The first-order valence-corrected chi connectivity index (χ1v) is 9.86. The number of piperidine rings is 1. The molecule has 5 nitrogen and oxygen atoms in total. The Kier molecular flexibility index (Phi) is 6.33. The fourth-order valence-electron chi connectivity index (χ4n) is 3.61. The summed E-state index contributed by atoms with van der Waals surface area (Å²) in [4.78, 5) is 15.3. The van der Waals surface area contributed by atoms with Crippen molar-refractivity contribution in [3.8, 4) is 5.69 Å². The smallest absolute Gasteiger partial charge is 0.254 e. The van der Waals surface area contributed by atoms with Crippen LogP contribution in [0, 0.1) is 0 Å². The van der Waals surface area contributed by atoms with Crippen molar-refractivity contribution in [2.45, 2.75) is 45.6 Å². The molecule has 1 N–H and O–H groups in total. The van der Waals surface area contributed by atoms with Crippen LogP contribution in [0.2, 0.25) is 5.02 Å². The normalized spacial score (nSPS) is 16.0. The maximum atomic E-state index is 12.8. The lowest BCUT2D eigenvalue weighted by Crippen LogP contribution is -2.44. The van der Waals surface area contributed by atoms with Crippen molar-refractivity contribution in [1.82, 2.24) is 20.0 Å². The second-order valence-corrected chi connectivity index (χ2v) is 7.28. The van der Waals surface area contributed by atoms with Gasteiger partial charge in [0, 0.05) is 24.2 Å². The van der Waals surface area contributed by atoms with Gasteiger partial charge in [-0.3, -0.25) is 4.79 Å². The fraction of sp³-hybridized carbons (Fsp3) is 0.500. The molecule has 1 aliphatic rings. The number of likely N-dealkylation sites (tertiary alicyclic amines) is 1. The molecule has 1 aromatic heterocycles. The number of nitrogens with zero attached hydrogens (tertiary/aromatic N) is 3. The number of nitrogens with one attached hydrogen (secondary N) is 1. The molecule has 2 heterocycles. The van der Waals surface area contributed by atoms with E-state index in [0.717, 1.165) is 50.3 Å². The Bertz CT molecular complexity index is 750. The number of carbonyl (C=O) groups excluding carboxylic acids is 1. The number of carbonyl (C=O) groups is 1. The number of hydrogen-bond acceptors (Lipinski definition) is 3. The standard InChI is InChI=1S/C20H27ClN4O/c1-3-10-24-11-8-16(9-12-24)23-20(26)18-14-22-25(19(18)4-2)17-7-5-6-15(21)13-17/h5-7,13-14,16H,3-4,8-12H2,1-2H3,(H,23,26). The van der Waals surface area contributed by atoms with E-state index in [-0.39, 0.29) is 11.9 Å². The van der Waals surface area contributed by atoms with Gasteiger partial charge in [0.15, 0.2) is 0 Å². The van der Waals surface area contributed by atoms with Crippen LogP contribution >= 0.6 is 11.6 Å². The zero-order valence-corrected chi connectivity index (χ0v) is 16.3. The molecule has 6 heteroatoms. The minimum atomic E-state index is -0.0240. The van der Waals surface area contributed by atoms with Gasteiger partial charge in [0.25, 0.3) is 5.91 Å². The van der Waals surface area contributed by atoms with Crippen LogP contribution in [-0.4, -0.2) is 46.3 Å². The SMILES string of the molecule is CCCN1CCC(NC(=O)c2cnn(-c3cccc(Cl)c3)c2CC)CC1. The second-order valence-electron chi connectivity index (χ2n) is 6.84. The van der Waals surface area contributed by atoms with Crippen molar-refractivity contribution in [3.63, 3.8) is 0 Å². The van der Waals surface area contributed by atoms with Crippen LogP contribution in [0.1, 0.15) is 49.2 Å². The molecule has 0 saturated carbocycles. The van der Waals surface area contributed by atoms with E-state index in [1.165, 1.54) is 6.42 Å². The average Bonchev–Trinajstić information content (AvgIpc) is 3.08. The first kappa shape index (κ1) is 18.9. The summed E-state index contributed by atoms with van der Waals surface area (Å²) >= 11 is 6.10. The van der Waals surface area contributed by atoms with Gasteiger partial charge in [-0.1, -0.05) is 31.5 Å². The Balaban J connectivity index is 1.70. The number of halogens is 1. The average molecular weight is 375 g/mol. The van der Waals surface area contributed by atoms with Gasteiger partial charge >= 0.3 is 0 Å². The van der Waals surface area contributed by atoms with Crippen LogP contribution in [0.4, 0.5) is 0 Å². The highest BCUT2D eigenvalue weighted by Gasteiger charge is 2.23. The Morgan fingerprint density at radius 3 is 2.73 bits per heavy atom. The summed E-state index contributed by atoms with van der Waals surface area (Å²) in [7, 11) is 0. The predicted molar refractivity (Wildman–Crippen MR) is 105 cm³/mol. The quantitative estimate of drug-likeness (QED) is 0.838. The van der Waals surface area contributed by atoms with Gasteiger partial charge < -0.3 is 10.2 Å². The summed E-state index contributed by atoms with van der Waals surface area (Å²) in [5, 5.41) is 8.30. The Morgan fingerprint density at radius 1 is 1.31 bits per heavy atom. The van der Waals surface area contributed by atoms with Crippen molar-refractivity contribution < 1.29 is 4.79 Å². The van der Waals surface area contributed by atoms with E-state index in [9.17, 15) is 4.79 Å². The first-order chi connectivity index (χ1) is 12.6. The molecule has 1 aliphatic heterocycles. The Labute approximate surface area is 160 Å². The second kappa shape index (κ2) is 8.69. The summed E-state index contributed by atoms with van der Waals surface area (Å²) in [5.74, 6) is -0.0240. The van der Waals surface area contributed by atoms with Crippen LogP contribution in [-0.2, 0) is 6.42 Å². The van der Waals surface area contributed by atoms with Crippen LogP contribution < -0.4 is 5.32 Å². The molecule has 1 aromatic carbocycles. The van der Waals surface area contributed by atoms with Crippen molar-refractivity contribution in [3.05, 3.63) is 46.7 Å². The molecule has 0 spiro atoms. The molecule has 0 aliphatic carbocycles. The van der Waals surface area contributed by atoms with E-state index in [0.29, 0.717) is 10.6 Å². The molecule has 0 radical (unpaired) electrons. The molecule has 3 rings (SSSR count). The molecular formula is C20H27ClN4O. The molecular weight excluding hydrogens is 348 g/mol. The van der Waals surface area contributed by atoms with E-state index < -0.39 is 0 Å². The summed E-state index contributed by atoms with van der Waals surface area (Å²) in [6.45, 7) is 7.51. The lowest BCUT2D eigenvalue weighted by atomic mass is 10.0. The first-order valence-electron chi connectivity index (χ1n) is 9.48. The van der Waals surface area contributed by atoms with Gasteiger partial charge in [0.2, 0.25) is 0 Å². The molecule has 1 saturated heterocycles. The number of rotatable bonds is 6. The van der Waals surface area contributed by atoms with E-state index in [2.05, 4.69) is 22.2 Å². The minimum absolute atomic E-state index is 0.0240. The maximum Gasteiger partial charge on any atom is 0.254 e. The number of benzene rings is 1. The summed E-state index contributed by atoms with van der Waals surface area (Å²) < 4.78 is 1.81. The van der Waals surface area contributed by atoms with Crippen molar-refractivity contribution >= 4 is 17.5 Å². The largest absolute Gasteiger partial charge is 0.349 e. The Hall–Kier alpha value is -1.85. The molecule has 0 bridgehead atoms. The van der Waals surface area contributed by atoms with Crippen molar-refractivity contribution in [2.75, 3.05) is 19.6 Å². The van der Waals surface area contributed by atoms with Crippen LogP contribution in [0.5, 0.6) is 0 Å². The molecule has 1 fully saturated rings. The zero-order valence-electron chi connectivity index (χ0n) is 15.5. The van der Waals surface area contributed by atoms with Gasteiger partial charge in [-0.15, -0.1) is 0 Å². The third-order valence-corrected chi connectivity index (χ3v) is 5.20. The third-order valence-electron chi connectivity index (χ3n) is 4.96. The topological polar surface area (TPSA) is 50.2 Å². The summed E-state index contributed by atoms with van der Waals surface area (Å²) in [5.41, 5.74) is 2.44. The monoisotopic (exact) mass is 374 g/mol. The Morgan fingerprint density at radius 2 is 2.08 bits per heavy atom. The fourth-order valence-corrected chi connectivity index (χ4v) is 3.80. The summed E-state index contributed by atoms with van der Waals surface area (Å²) in [6.07, 6.45) is 5.59. The predicted octanol–water partition coefficient (Wildman–Crippen LogP) is 3.69. The lowest BCUT2D eigenvalue weighted by Gasteiger charge is -2.32.